The number of allylic oxidation sites excluding steroid dienone is 6. The highest BCUT2D eigenvalue weighted by Crippen LogP contribution is 2.32. The molecule has 0 fully saturated rings. The zero-order valence-corrected chi connectivity index (χ0v) is 12.3. The Morgan fingerprint density at radius 2 is 1.83 bits per heavy atom. The highest BCUT2D eigenvalue weighted by atomic mass is 16.5. The summed E-state index contributed by atoms with van der Waals surface area (Å²) in [5, 5.41) is 38.3. The molecule has 6 heteroatoms. The van der Waals surface area contributed by atoms with E-state index in [9.17, 15) is 25.2 Å². The Hall–Kier alpha value is -2.99. The average molecular weight is 316 g/mol. The van der Waals surface area contributed by atoms with Gasteiger partial charge in [-0.2, -0.15) is 0 Å². The van der Waals surface area contributed by atoms with Crippen LogP contribution in [0.3, 0.4) is 0 Å². The highest BCUT2D eigenvalue weighted by molar-refractivity contribution is 6.08. The van der Waals surface area contributed by atoms with Gasteiger partial charge in [0, 0.05) is 12.1 Å². The van der Waals surface area contributed by atoms with E-state index in [0.29, 0.717) is 11.3 Å². The summed E-state index contributed by atoms with van der Waals surface area (Å²) in [6.45, 7) is 0. The van der Waals surface area contributed by atoms with Gasteiger partial charge in [0.2, 0.25) is 0 Å². The number of hydrogen-bond donors (Lipinski definition) is 4. The van der Waals surface area contributed by atoms with Gasteiger partial charge in [0.15, 0.2) is 5.78 Å². The van der Waals surface area contributed by atoms with Gasteiger partial charge >= 0.3 is 0 Å². The van der Waals surface area contributed by atoms with Crippen LogP contribution in [0.2, 0.25) is 0 Å². The van der Waals surface area contributed by atoms with E-state index in [4.69, 9.17) is 4.74 Å². The summed E-state index contributed by atoms with van der Waals surface area (Å²) in [7, 11) is 1.44. The number of aliphatic hydroxyl groups is 1. The molecular formula is C17H16O6. The number of rotatable bonds is 4. The van der Waals surface area contributed by atoms with Gasteiger partial charge in [-0.3, -0.25) is 4.79 Å². The van der Waals surface area contributed by atoms with Crippen molar-refractivity contribution in [3.8, 4) is 17.2 Å². The van der Waals surface area contributed by atoms with Crippen LogP contribution in [0, 0.1) is 0 Å². The number of ketones is 1. The second-order valence-corrected chi connectivity index (χ2v) is 4.80. The molecule has 4 N–H and O–H groups in total. The molecule has 0 saturated heterocycles. The van der Waals surface area contributed by atoms with Gasteiger partial charge in [-0.15, -0.1) is 0 Å². The molecule has 0 saturated carbocycles. The lowest BCUT2D eigenvalue weighted by molar-refractivity contribution is 0.104. The zero-order valence-electron chi connectivity index (χ0n) is 12.3. The predicted octanol–water partition coefficient (Wildman–Crippen LogP) is 1.93. The summed E-state index contributed by atoms with van der Waals surface area (Å²) in [6.07, 6.45) is 8.08. The Bertz CT molecular complexity index is 716. The highest BCUT2D eigenvalue weighted by Gasteiger charge is 2.15. The number of aromatic hydroxyl groups is 3. The lowest BCUT2D eigenvalue weighted by Gasteiger charge is -2.07. The van der Waals surface area contributed by atoms with Crippen molar-refractivity contribution in [1.29, 1.82) is 0 Å². The van der Waals surface area contributed by atoms with Crippen molar-refractivity contribution >= 4 is 5.78 Å². The molecule has 0 aromatic heterocycles. The largest absolute Gasteiger partial charge is 0.508 e. The van der Waals surface area contributed by atoms with Gasteiger partial charge in [-0.05, 0) is 23.8 Å². The van der Waals surface area contributed by atoms with Crippen molar-refractivity contribution < 1.29 is 30.0 Å². The van der Waals surface area contributed by atoms with E-state index in [1.807, 2.05) is 0 Å². The van der Waals surface area contributed by atoms with Crippen molar-refractivity contribution in [1.82, 2.24) is 0 Å². The summed E-state index contributed by atoms with van der Waals surface area (Å²) in [4.78, 5) is 12.1. The first-order valence-electron chi connectivity index (χ1n) is 6.72. The summed E-state index contributed by atoms with van der Waals surface area (Å²) >= 11 is 0. The summed E-state index contributed by atoms with van der Waals surface area (Å²) in [5.41, 5.74) is 0.313. The summed E-state index contributed by atoms with van der Waals surface area (Å²) in [5.74, 6) is -1.64. The molecule has 1 aromatic carbocycles. The van der Waals surface area contributed by atoms with Crippen LogP contribution in [0.25, 0.3) is 0 Å². The Morgan fingerprint density at radius 3 is 2.43 bits per heavy atom. The van der Waals surface area contributed by atoms with Crippen molar-refractivity contribution in [3.05, 3.63) is 65.5 Å². The van der Waals surface area contributed by atoms with Crippen LogP contribution in [0.1, 0.15) is 10.4 Å². The summed E-state index contributed by atoms with van der Waals surface area (Å²) in [6, 6.07) is 1.94. The fraction of sp³-hybridized carbons (Fsp3) is 0.118. The molecule has 120 valence electrons. The third-order valence-corrected chi connectivity index (χ3v) is 3.19. The smallest absolute Gasteiger partial charge is 0.193 e. The molecule has 1 unspecified atom stereocenters. The van der Waals surface area contributed by atoms with Gasteiger partial charge in [-0.1, -0.05) is 18.2 Å². The van der Waals surface area contributed by atoms with Crippen molar-refractivity contribution in [3.63, 3.8) is 0 Å². The minimum absolute atomic E-state index is 0.301. The molecule has 0 aliphatic heterocycles. The van der Waals surface area contributed by atoms with Gasteiger partial charge in [0.05, 0.1) is 7.11 Å². The van der Waals surface area contributed by atoms with E-state index in [1.165, 1.54) is 25.3 Å². The van der Waals surface area contributed by atoms with Crippen LogP contribution < -0.4 is 0 Å². The van der Waals surface area contributed by atoms with E-state index in [-0.39, 0.29) is 11.3 Å². The van der Waals surface area contributed by atoms with E-state index in [0.717, 1.165) is 12.1 Å². The minimum atomic E-state index is -0.872. The molecule has 1 aromatic rings. The molecule has 0 heterocycles. The molecule has 23 heavy (non-hydrogen) atoms. The molecule has 1 atom stereocenters. The van der Waals surface area contributed by atoms with Crippen LogP contribution in [0.15, 0.2) is 59.9 Å². The van der Waals surface area contributed by atoms with E-state index in [1.54, 1.807) is 18.2 Å². The maximum Gasteiger partial charge on any atom is 0.193 e. The Labute approximate surface area is 132 Å². The Kier molecular flexibility index (Phi) is 4.88. The predicted molar refractivity (Wildman–Crippen MR) is 83.2 cm³/mol. The lowest BCUT2D eigenvalue weighted by Crippen LogP contribution is -2.07. The van der Waals surface area contributed by atoms with Gasteiger partial charge in [-0.25, -0.2) is 0 Å². The molecule has 0 spiro atoms. The topological polar surface area (TPSA) is 107 Å². The quantitative estimate of drug-likeness (QED) is 0.499. The van der Waals surface area contributed by atoms with Crippen molar-refractivity contribution in [2.45, 2.75) is 6.10 Å². The average Bonchev–Trinajstić information content (AvgIpc) is 2.65. The SMILES string of the molecule is COC1=CC=C(/C=C/C(=O)c2c(O)cc(O)cc2O)C=CC1O. The third kappa shape index (κ3) is 3.81. The first kappa shape index (κ1) is 16.4. The third-order valence-electron chi connectivity index (χ3n) is 3.19. The van der Waals surface area contributed by atoms with Crippen LogP contribution in [-0.2, 0) is 4.74 Å². The Morgan fingerprint density at radius 1 is 1.17 bits per heavy atom. The number of benzene rings is 1. The maximum absolute atomic E-state index is 12.1. The number of phenolic OH excluding ortho intramolecular Hbond substituents is 3. The minimum Gasteiger partial charge on any atom is -0.508 e. The normalized spacial score (nSPS) is 17.6. The second-order valence-electron chi connectivity index (χ2n) is 4.80. The van der Waals surface area contributed by atoms with Crippen LogP contribution in [0.4, 0.5) is 0 Å². The molecule has 1 aliphatic carbocycles. The lowest BCUT2D eigenvalue weighted by atomic mass is 10.1. The second kappa shape index (κ2) is 6.85. The number of phenols is 3. The first-order chi connectivity index (χ1) is 10.9. The number of hydrogen-bond acceptors (Lipinski definition) is 6. The van der Waals surface area contributed by atoms with Crippen LogP contribution in [-0.4, -0.2) is 39.4 Å². The molecule has 2 rings (SSSR count). The van der Waals surface area contributed by atoms with Crippen LogP contribution >= 0.6 is 0 Å². The Balaban J connectivity index is 2.24. The van der Waals surface area contributed by atoms with E-state index < -0.39 is 23.4 Å². The van der Waals surface area contributed by atoms with E-state index >= 15 is 0 Å². The molecule has 0 bridgehead atoms. The van der Waals surface area contributed by atoms with Gasteiger partial charge in [0.1, 0.15) is 34.7 Å². The maximum atomic E-state index is 12.1. The standard InChI is InChI=1S/C17H16O6/c1-23-16-7-4-10(2-5-12(16)19)3-6-13(20)17-14(21)8-11(18)9-15(17)22/h2-9,12,18-19,21-22H,1H3/b6-3+. The molecule has 0 amide bonds. The fourth-order valence-corrected chi connectivity index (χ4v) is 2.03. The zero-order chi connectivity index (χ0) is 17.0. The molecule has 6 nitrogen and oxygen atoms in total. The van der Waals surface area contributed by atoms with Crippen molar-refractivity contribution in [2.24, 2.45) is 0 Å². The van der Waals surface area contributed by atoms with Gasteiger partial charge in [0.25, 0.3) is 0 Å². The number of carbonyl (C=O) groups is 1. The van der Waals surface area contributed by atoms with E-state index in [2.05, 4.69) is 0 Å². The summed E-state index contributed by atoms with van der Waals surface area (Å²) < 4.78 is 5.00. The number of carbonyl (C=O) groups excluding carboxylic acids is 1. The van der Waals surface area contributed by atoms with Crippen molar-refractivity contribution in [2.75, 3.05) is 7.11 Å². The fourth-order valence-electron chi connectivity index (χ4n) is 2.03. The number of methoxy groups -OCH3 is 1. The molecular weight excluding hydrogens is 300 g/mol. The van der Waals surface area contributed by atoms with Crippen LogP contribution in [0.5, 0.6) is 17.2 Å². The van der Waals surface area contributed by atoms with Gasteiger partial charge < -0.3 is 25.2 Å². The number of ether oxygens (including phenoxy) is 1. The molecule has 0 radical (unpaired) electrons. The molecule has 1 aliphatic rings. The number of aliphatic hydroxyl groups excluding tert-OH is 1. The monoisotopic (exact) mass is 316 g/mol. The first-order valence-corrected chi connectivity index (χ1v) is 6.72.